The maximum atomic E-state index is 13.2. The number of hydrogen-bond acceptors (Lipinski definition) is 3. The molecule has 0 radical (unpaired) electrons. The maximum absolute atomic E-state index is 13.2. The van der Waals surface area contributed by atoms with E-state index in [0.717, 1.165) is 44.5 Å². The Morgan fingerprint density at radius 2 is 1.75 bits per heavy atom. The number of aromatic nitrogens is 1. The molecule has 4 nitrogen and oxygen atoms in total. The lowest BCUT2D eigenvalue weighted by atomic mass is 9.99. The number of benzene rings is 1. The van der Waals surface area contributed by atoms with E-state index in [0.29, 0.717) is 16.9 Å². The van der Waals surface area contributed by atoms with Crippen LogP contribution in [0.25, 0.3) is 11.1 Å². The van der Waals surface area contributed by atoms with Crippen LogP contribution in [0.1, 0.15) is 41.7 Å². The summed E-state index contributed by atoms with van der Waals surface area (Å²) in [5, 5.41) is 9.81. The number of hydrogen-bond donors (Lipinski definition) is 1. The van der Waals surface area contributed by atoms with Crippen LogP contribution < -0.4 is 4.90 Å². The molecule has 5 heteroatoms. The zero-order chi connectivity index (χ0) is 17.1. The number of nitrogens with zero attached hydrogens (tertiary/aromatic N) is 2. The predicted molar refractivity (Wildman–Crippen MR) is 92.0 cm³/mol. The largest absolute Gasteiger partial charge is 0.478 e. The molecule has 0 atom stereocenters. The standard InChI is InChI=1S/C19H21FN2O2/c1-13-12-16(14-6-8-15(20)9-7-14)17(19(23)24)18(21-13)22-10-4-2-3-5-11-22/h6-9,12H,2-5,10-11H2,1H3,(H,23,24). The van der Waals surface area contributed by atoms with Crippen LogP contribution in [0.4, 0.5) is 10.2 Å². The van der Waals surface area contributed by atoms with Crippen LogP contribution in [0.2, 0.25) is 0 Å². The maximum Gasteiger partial charge on any atom is 0.340 e. The van der Waals surface area contributed by atoms with E-state index in [1.165, 1.54) is 12.1 Å². The molecule has 1 aliphatic heterocycles. The first-order chi connectivity index (χ1) is 11.6. The highest BCUT2D eigenvalue weighted by Gasteiger charge is 2.24. The fourth-order valence-corrected chi connectivity index (χ4v) is 3.24. The van der Waals surface area contributed by atoms with Crippen molar-refractivity contribution in [2.24, 2.45) is 0 Å². The molecular weight excluding hydrogens is 307 g/mol. The highest BCUT2D eigenvalue weighted by molar-refractivity contribution is 6.01. The monoisotopic (exact) mass is 328 g/mol. The van der Waals surface area contributed by atoms with Gasteiger partial charge in [-0.15, -0.1) is 0 Å². The Kier molecular flexibility index (Phi) is 4.79. The molecule has 1 aliphatic rings. The molecule has 24 heavy (non-hydrogen) atoms. The topological polar surface area (TPSA) is 53.4 Å². The van der Waals surface area contributed by atoms with Crippen molar-refractivity contribution in [1.82, 2.24) is 4.98 Å². The summed E-state index contributed by atoms with van der Waals surface area (Å²) >= 11 is 0. The average molecular weight is 328 g/mol. The van der Waals surface area contributed by atoms with Crippen molar-refractivity contribution < 1.29 is 14.3 Å². The van der Waals surface area contributed by atoms with Crippen LogP contribution in [0, 0.1) is 12.7 Å². The predicted octanol–water partition coefficient (Wildman–Crippen LogP) is 4.27. The number of anilines is 1. The highest BCUT2D eigenvalue weighted by atomic mass is 19.1. The molecule has 0 aliphatic carbocycles. The van der Waals surface area contributed by atoms with Crippen molar-refractivity contribution in [1.29, 1.82) is 0 Å². The second kappa shape index (κ2) is 6.99. The molecule has 1 fully saturated rings. The molecule has 1 saturated heterocycles. The van der Waals surface area contributed by atoms with E-state index in [9.17, 15) is 14.3 Å². The van der Waals surface area contributed by atoms with E-state index in [2.05, 4.69) is 9.88 Å². The number of rotatable bonds is 3. The van der Waals surface area contributed by atoms with E-state index in [1.54, 1.807) is 18.2 Å². The van der Waals surface area contributed by atoms with Crippen LogP contribution >= 0.6 is 0 Å². The van der Waals surface area contributed by atoms with E-state index in [1.807, 2.05) is 6.92 Å². The normalized spacial score (nSPS) is 15.2. The minimum atomic E-state index is -0.999. The van der Waals surface area contributed by atoms with Gasteiger partial charge in [0.2, 0.25) is 0 Å². The lowest BCUT2D eigenvalue weighted by molar-refractivity contribution is 0.0698. The van der Waals surface area contributed by atoms with Gasteiger partial charge in [0.25, 0.3) is 0 Å². The number of carboxylic acid groups (broad SMARTS) is 1. The van der Waals surface area contributed by atoms with Crippen LogP contribution in [-0.4, -0.2) is 29.1 Å². The molecule has 2 heterocycles. The molecule has 0 spiro atoms. The Morgan fingerprint density at radius 1 is 1.12 bits per heavy atom. The van der Waals surface area contributed by atoms with Crippen molar-refractivity contribution in [3.05, 3.63) is 47.4 Å². The molecule has 1 aromatic heterocycles. The molecule has 1 N–H and O–H groups in total. The second-order valence-corrected chi connectivity index (χ2v) is 6.22. The molecule has 0 amide bonds. The molecule has 1 aromatic carbocycles. The van der Waals surface area contributed by atoms with Crippen LogP contribution in [-0.2, 0) is 0 Å². The fourth-order valence-electron chi connectivity index (χ4n) is 3.24. The van der Waals surface area contributed by atoms with Crippen molar-refractivity contribution in [3.8, 4) is 11.1 Å². The van der Waals surface area contributed by atoms with Crippen molar-refractivity contribution in [2.45, 2.75) is 32.6 Å². The van der Waals surface area contributed by atoms with Crippen molar-refractivity contribution >= 4 is 11.8 Å². The fraction of sp³-hybridized carbons (Fsp3) is 0.368. The first-order valence-corrected chi connectivity index (χ1v) is 8.32. The van der Waals surface area contributed by atoms with Gasteiger partial charge in [-0.1, -0.05) is 25.0 Å². The summed E-state index contributed by atoms with van der Waals surface area (Å²) in [6.45, 7) is 3.50. The molecule has 3 rings (SSSR count). The minimum Gasteiger partial charge on any atom is -0.478 e. The van der Waals surface area contributed by atoms with Crippen molar-refractivity contribution in [3.63, 3.8) is 0 Å². The van der Waals surface area contributed by atoms with Gasteiger partial charge in [-0.2, -0.15) is 0 Å². The summed E-state index contributed by atoms with van der Waals surface area (Å²) in [6, 6.07) is 7.69. The lowest BCUT2D eigenvalue weighted by Gasteiger charge is -2.25. The Hall–Kier alpha value is -2.43. The van der Waals surface area contributed by atoms with E-state index >= 15 is 0 Å². The van der Waals surface area contributed by atoms with Gasteiger partial charge in [0.05, 0.1) is 0 Å². The number of halogens is 1. The summed E-state index contributed by atoms with van der Waals surface area (Å²) in [6.07, 6.45) is 4.41. The number of carboxylic acids is 1. The number of carbonyl (C=O) groups is 1. The SMILES string of the molecule is Cc1cc(-c2ccc(F)cc2)c(C(=O)O)c(N2CCCCCC2)n1. The molecule has 0 bridgehead atoms. The third-order valence-corrected chi connectivity index (χ3v) is 4.40. The van der Waals surface area contributed by atoms with Crippen LogP contribution in [0.3, 0.4) is 0 Å². The first kappa shape index (κ1) is 16.4. The lowest BCUT2D eigenvalue weighted by Crippen LogP contribution is -2.27. The van der Waals surface area contributed by atoms with Crippen LogP contribution in [0.15, 0.2) is 30.3 Å². The average Bonchev–Trinajstić information content (AvgIpc) is 2.83. The Morgan fingerprint density at radius 3 is 2.33 bits per heavy atom. The minimum absolute atomic E-state index is 0.203. The van der Waals surface area contributed by atoms with Gasteiger partial charge in [0.1, 0.15) is 17.2 Å². The van der Waals surface area contributed by atoms with Gasteiger partial charge >= 0.3 is 5.97 Å². The third kappa shape index (κ3) is 3.40. The van der Waals surface area contributed by atoms with Crippen LogP contribution in [0.5, 0.6) is 0 Å². The smallest absolute Gasteiger partial charge is 0.340 e. The summed E-state index contributed by atoms with van der Waals surface area (Å²) in [7, 11) is 0. The zero-order valence-electron chi connectivity index (χ0n) is 13.8. The quantitative estimate of drug-likeness (QED) is 0.914. The number of aromatic carboxylic acids is 1. The van der Waals surface area contributed by atoms with E-state index in [4.69, 9.17) is 0 Å². The Balaban J connectivity index is 2.14. The first-order valence-electron chi connectivity index (χ1n) is 8.32. The summed E-state index contributed by atoms with van der Waals surface area (Å²) in [5.41, 5.74) is 2.25. The number of pyridine rings is 1. The number of aryl methyl sites for hydroxylation is 1. The molecule has 126 valence electrons. The summed E-state index contributed by atoms with van der Waals surface area (Å²) in [4.78, 5) is 18.6. The van der Waals surface area contributed by atoms with Gasteiger partial charge in [-0.05, 0) is 43.5 Å². The third-order valence-electron chi connectivity index (χ3n) is 4.40. The van der Waals surface area contributed by atoms with Gasteiger partial charge in [-0.3, -0.25) is 0 Å². The highest BCUT2D eigenvalue weighted by Crippen LogP contribution is 2.32. The Labute approximate surface area is 141 Å². The molecule has 2 aromatic rings. The summed E-state index contributed by atoms with van der Waals surface area (Å²) in [5.74, 6) is -0.807. The van der Waals surface area contributed by atoms with Gasteiger partial charge < -0.3 is 10.0 Å². The molecule has 0 unspecified atom stereocenters. The van der Waals surface area contributed by atoms with Gasteiger partial charge in [0, 0.05) is 24.3 Å². The molecule has 0 saturated carbocycles. The van der Waals surface area contributed by atoms with Gasteiger partial charge in [-0.25, -0.2) is 14.2 Å². The molecular formula is C19H21FN2O2. The second-order valence-electron chi connectivity index (χ2n) is 6.22. The van der Waals surface area contributed by atoms with E-state index < -0.39 is 5.97 Å². The zero-order valence-corrected chi connectivity index (χ0v) is 13.8. The van der Waals surface area contributed by atoms with Gasteiger partial charge in [0.15, 0.2) is 0 Å². The van der Waals surface area contributed by atoms with E-state index in [-0.39, 0.29) is 11.4 Å². The van der Waals surface area contributed by atoms with Crippen molar-refractivity contribution in [2.75, 3.05) is 18.0 Å². The summed E-state index contributed by atoms with van der Waals surface area (Å²) < 4.78 is 13.2. The Bertz CT molecular complexity index is 736.